The van der Waals surface area contributed by atoms with Crippen molar-refractivity contribution in [1.29, 1.82) is 0 Å². The maximum atomic E-state index is 12.7. The molecule has 1 aromatic carbocycles. The third kappa shape index (κ3) is 3.42. The molecule has 0 saturated carbocycles. The molecule has 1 aliphatic heterocycles. The third-order valence-electron chi connectivity index (χ3n) is 4.98. The Morgan fingerprint density at radius 2 is 1.97 bits per heavy atom. The number of nitrogens with zero attached hydrogens (tertiary/aromatic N) is 2. The lowest BCUT2D eigenvalue weighted by molar-refractivity contribution is -0.136. The summed E-state index contributed by atoms with van der Waals surface area (Å²) in [6.45, 7) is 1.82. The molecule has 5 N–H and O–H groups in total. The molecule has 2 aromatic heterocycles. The number of hydrogen-bond donors (Lipinski definition) is 3. The Morgan fingerprint density at radius 1 is 1.21 bits per heavy atom. The molecule has 0 radical (unpaired) electrons. The van der Waals surface area contributed by atoms with E-state index in [0.29, 0.717) is 22.7 Å². The van der Waals surface area contributed by atoms with Crippen LogP contribution in [0.4, 0.5) is 17.6 Å². The number of anilines is 3. The smallest absolute Gasteiger partial charge is 0.336 e. The van der Waals surface area contributed by atoms with Gasteiger partial charge in [0.2, 0.25) is 5.95 Å². The van der Waals surface area contributed by atoms with Gasteiger partial charge in [-0.3, -0.25) is 0 Å². The Bertz CT molecular complexity index is 1110. The fraction of sp³-hybridized carbons (Fsp3) is 0.190. The van der Waals surface area contributed by atoms with Gasteiger partial charge in [-0.25, -0.2) is 4.79 Å². The number of allylic oxidation sites excluding steroid dienone is 1. The number of nitrogen functional groups attached to an aromatic ring is 2. The second-order valence-corrected chi connectivity index (χ2v) is 7.78. The number of methoxy groups -OCH3 is 1. The molecule has 1 aliphatic rings. The Morgan fingerprint density at radius 3 is 2.69 bits per heavy atom. The number of nitrogens with one attached hydrogen (secondary N) is 1. The third-order valence-corrected chi connectivity index (χ3v) is 5.92. The largest absolute Gasteiger partial charge is 0.466 e. The van der Waals surface area contributed by atoms with E-state index in [1.165, 1.54) is 12.7 Å². The Balaban J connectivity index is 1.89. The Hall–Kier alpha value is -3.39. The van der Waals surface area contributed by atoms with Crippen LogP contribution in [-0.4, -0.2) is 23.0 Å². The van der Waals surface area contributed by atoms with Crippen molar-refractivity contribution in [2.75, 3.05) is 23.9 Å². The van der Waals surface area contributed by atoms with Gasteiger partial charge in [0.1, 0.15) is 11.6 Å². The zero-order valence-corrected chi connectivity index (χ0v) is 16.9. The van der Waals surface area contributed by atoms with Gasteiger partial charge < -0.3 is 21.5 Å². The van der Waals surface area contributed by atoms with E-state index in [4.69, 9.17) is 16.2 Å². The number of nitrogens with two attached hydrogens (primary N) is 2. The van der Waals surface area contributed by atoms with E-state index in [1.54, 1.807) is 11.3 Å². The van der Waals surface area contributed by atoms with Crippen molar-refractivity contribution in [3.05, 3.63) is 74.6 Å². The van der Waals surface area contributed by atoms with E-state index in [2.05, 4.69) is 27.4 Å². The number of ether oxygens (including phenoxy) is 1. The molecule has 0 aliphatic carbocycles. The summed E-state index contributed by atoms with van der Waals surface area (Å²) >= 11 is 1.64. The van der Waals surface area contributed by atoms with Crippen LogP contribution in [0.2, 0.25) is 0 Å². The van der Waals surface area contributed by atoms with E-state index in [0.717, 1.165) is 16.9 Å². The highest BCUT2D eigenvalue weighted by Crippen LogP contribution is 2.46. The number of carbonyl (C=O) groups is 1. The predicted molar refractivity (Wildman–Crippen MR) is 115 cm³/mol. The highest BCUT2D eigenvalue weighted by molar-refractivity contribution is 7.10. The average Bonchev–Trinajstić information content (AvgIpc) is 3.14. The predicted octanol–water partition coefficient (Wildman–Crippen LogP) is 3.30. The van der Waals surface area contributed by atoms with Gasteiger partial charge in [-0.15, -0.1) is 11.3 Å². The van der Waals surface area contributed by atoms with Crippen molar-refractivity contribution >= 4 is 34.9 Å². The van der Waals surface area contributed by atoms with Gasteiger partial charge in [-0.05, 0) is 29.5 Å². The number of esters is 1. The number of aromatic nitrogens is 2. The van der Waals surface area contributed by atoms with Gasteiger partial charge in [0.25, 0.3) is 0 Å². The number of thiophene rings is 1. The van der Waals surface area contributed by atoms with E-state index in [9.17, 15) is 4.79 Å². The monoisotopic (exact) mass is 407 g/mol. The summed E-state index contributed by atoms with van der Waals surface area (Å²) in [5, 5.41) is 5.16. The Kier molecular flexibility index (Phi) is 4.94. The van der Waals surface area contributed by atoms with Gasteiger partial charge in [-0.1, -0.05) is 30.3 Å². The van der Waals surface area contributed by atoms with Crippen molar-refractivity contribution < 1.29 is 9.53 Å². The lowest BCUT2D eigenvalue weighted by Gasteiger charge is -2.30. The molecule has 0 bridgehead atoms. The second-order valence-electron chi connectivity index (χ2n) is 6.78. The first-order valence-corrected chi connectivity index (χ1v) is 9.96. The first-order chi connectivity index (χ1) is 14.0. The highest BCUT2D eigenvalue weighted by atomic mass is 32.1. The molecule has 7 nitrogen and oxygen atoms in total. The maximum absolute atomic E-state index is 12.7. The molecule has 0 spiro atoms. The molecule has 1 atom stereocenters. The minimum absolute atomic E-state index is 0.0802. The van der Waals surface area contributed by atoms with E-state index in [-0.39, 0.29) is 11.8 Å². The molecule has 0 amide bonds. The van der Waals surface area contributed by atoms with Crippen molar-refractivity contribution in [2.24, 2.45) is 0 Å². The zero-order valence-electron chi connectivity index (χ0n) is 16.1. The van der Waals surface area contributed by atoms with Crippen LogP contribution in [0.15, 0.2) is 53.0 Å². The van der Waals surface area contributed by atoms with Crippen molar-refractivity contribution in [3.8, 4) is 0 Å². The van der Waals surface area contributed by atoms with Crippen LogP contribution in [0.1, 0.15) is 34.4 Å². The molecule has 3 heterocycles. The summed E-state index contributed by atoms with van der Waals surface area (Å²) in [6, 6.07) is 12.2. The molecule has 148 valence electrons. The zero-order chi connectivity index (χ0) is 20.5. The quantitative estimate of drug-likeness (QED) is 0.568. The number of fused-ring (bicyclic) bond motifs is 1. The van der Waals surface area contributed by atoms with Crippen molar-refractivity contribution in [1.82, 2.24) is 9.97 Å². The lowest BCUT2D eigenvalue weighted by atomic mass is 9.81. The van der Waals surface area contributed by atoms with E-state index >= 15 is 0 Å². The van der Waals surface area contributed by atoms with E-state index in [1.807, 2.05) is 36.6 Å². The summed E-state index contributed by atoms with van der Waals surface area (Å²) in [5.41, 5.74) is 16.0. The van der Waals surface area contributed by atoms with E-state index < -0.39 is 11.9 Å². The van der Waals surface area contributed by atoms with Gasteiger partial charge in [0.15, 0.2) is 0 Å². The van der Waals surface area contributed by atoms with Gasteiger partial charge >= 0.3 is 5.97 Å². The number of rotatable bonds is 4. The highest BCUT2D eigenvalue weighted by Gasteiger charge is 2.37. The molecule has 0 fully saturated rings. The van der Waals surface area contributed by atoms with Crippen LogP contribution < -0.4 is 16.8 Å². The fourth-order valence-corrected chi connectivity index (χ4v) is 4.67. The topological polar surface area (TPSA) is 116 Å². The van der Waals surface area contributed by atoms with Crippen LogP contribution in [0.25, 0.3) is 0 Å². The number of hydrogen-bond acceptors (Lipinski definition) is 8. The molecule has 0 saturated heterocycles. The first-order valence-electron chi connectivity index (χ1n) is 9.08. The summed E-state index contributed by atoms with van der Waals surface area (Å²) < 4.78 is 5.09. The number of benzene rings is 1. The molecule has 4 rings (SSSR count). The first kappa shape index (κ1) is 18.9. The normalized spacial score (nSPS) is 15.6. The van der Waals surface area contributed by atoms with Crippen molar-refractivity contribution in [2.45, 2.75) is 19.3 Å². The second kappa shape index (κ2) is 7.56. The van der Waals surface area contributed by atoms with Crippen molar-refractivity contribution in [3.63, 3.8) is 0 Å². The SMILES string of the molecule is COC(=O)C1=C(C)Nc2nc(N)nc(N)c2C1c1ccsc1Cc1ccccc1. The summed E-state index contributed by atoms with van der Waals surface area (Å²) in [6.07, 6.45) is 0.746. The van der Waals surface area contributed by atoms with Gasteiger partial charge in [0.05, 0.1) is 18.6 Å². The molecule has 1 unspecified atom stereocenters. The molecule has 8 heteroatoms. The molecule has 29 heavy (non-hydrogen) atoms. The van der Waals surface area contributed by atoms with Crippen LogP contribution in [0.3, 0.4) is 0 Å². The molecule has 3 aromatic rings. The maximum Gasteiger partial charge on any atom is 0.336 e. The van der Waals surface area contributed by atoms with Crippen LogP contribution >= 0.6 is 11.3 Å². The number of carbonyl (C=O) groups excluding carboxylic acids is 1. The molecular weight excluding hydrogens is 386 g/mol. The van der Waals surface area contributed by atoms with Crippen LogP contribution in [0, 0.1) is 0 Å². The standard InChI is InChI=1S/C21H21N5O2S/c1-11-15(20(27)28-2)16(17-18(22)25-21(23)26-19(17)24-11)13-8-9-29-14(13)10-12-6-4-3-5-7-12/h3-9,16H,10H2,1-2H3,(H5,22,23,24,25,26). The minimum Gasteiger partial charge on any atom is -0.466 e. The Labute approximate surface area is 172 Å². The molecular formula is C21H21N5O2S. The summed E-state index contributed by atoms with van der Waals surface area (Å²) in [4.78, 5) is 22.3. The lowest BCUT2D eigenvalue weighted by Crippen LogP contribution is -2.26. The van der Waals surface area contributed by atoms with Crippen LogP contribution in [0.5, 0.6) is 0 Å². The van der Waals surface area contributed by atoms with Gasteiger partial charge in [0, 0.05) is 22.6 Å². The average molecular weight is 407 g/mol. The summed E-state index contributed by atoms with van der Waals surface area (Å²) in [7, 11) is 1.37. The fourth-order valence-electron chi connectivity index (χ4n) is 3.71. The van der Waals surface area contributed by atoms with Gasteiger partial charge in [-0.2, -0.15) is 9.97 Å². The van der Waals surface area contributed by atoms with Crippen LogP contribution in [-0.2, 0) is 16.0 Å². The summed E-state index contributed by atoms with van der Waals surface area (Å²) in [5.74, 6) is -0.0163. The minimum atomic E-state index is -0.440.